The number of nitrogens with one attached hydrogen (secondary N) is 1. The number of thiophene rings is 2. The lowest BCUT2D eigenvalue weighted by atomic mass is 10.2. The number of hydrogen-bond donors (Lipinski definition) is 3. The number of carbonyl (C=O) groups excluding carboxylic acids is 1. The zero-order valence-electron chi connectivity index (χ0n) is 9.34. The largest absolute Gasteiger partial charge is 0.392 e. The number of rotatable bonds is 4. The summed E-state index contributed by atoms with van der Waals surface area (Å²) in [6.07, 6.45) is -0.623. The Hall–Kier alpha value is -0.950. The summed E-state index contributed by atoms with van der Waals surface area (Å²) in [7, 11) is 0. The fourth-order valence-electron chi connectivity index (χ4n) is 1.35. The Morgan fingerprint density at radius 3 is 3.00 bits per heavy atom. The molecule has 2 aromatic rings. The van der Waals surface area contributed by atoms with Gasteiger partial charge in [-0.15, -0.1) is 22.7 Å². The summed E-state index contributed by atoms with van der Waals surface area (Å²) >= 11 is 3.09. The molecule has 2 unspecified atom stereocenters. The quantitative estimate of drug-likeness (QED) is 0.786. The Balaban J connectivity index is 1.98. The van der Waals surface area contributed by atoms with Crippen molar-refractivity contribution in [3.8, 4) is 0 Å². The number of carbonyl (C=O) groups is 1. The molecule has 17 heavy (non-hydrogen) atoms. The van der Waals surface area contributed by atoms with Gasteiger partial charge in [-0.05, 0) is 24.4 Å². The minimum Gasteiger partial charge on any atom is -0.392 e. The normalized spacial score (nSPS) is 14.8. The van der Waals surface area contributed by atoms with E-state index in [2.05, 4.69) is 5.32 Å². The Morgan fingerprint density at radius 1 is 1.59 bits per heavy atom. The van der Waals surface area contributed by atoms with Crippen molar-refractivity contribution in [2.24, 2.45) is 5.73 Å². The number of fused-ring (bicyclic) bond motifs is 1. The predicted octanol–water partition coefficient (Wildman–Crippen LogP) is 1.40. The van der Waals surface area contributed by atoms with Crippen molar-refractivity contribution in [2.45, 2.75) is 19.1 Å². The molecule has 6 heteroatoms. The Labute approximate surface area is 107 Å². The van der Waals surface area contributed by atoms with Gasteiger partial charge in [-0.3, -0.25) is 4.79 Å². The SMILES string of the molecule is CC(O)C(N)CNC(=O)c1cc2sccc2s1. The Kier molecular flexibility index (Phi) is 3.78. The summed E-state index contributed by atoms with van der Waals surface area (Å²) in [5.41, 5.74) is 5.64. The third-order valence-electron chi connectivity index (χ3n) is 2.48. The first-order chi connectivity index (χ1) is 8.08. The minimum absolute atomic E-state index is 0.130. The maximum atomic E-state index is 11.8. The van der Waals surface area contributed by atoms with E-state index < -0.39 is 12.1 Å². The molecule has 2 heterocycles. The van der Waals surface area contributed by atoms with Crippen molar-refractivity contribution in [3.05, 3.63) is 22.4 Å². The lowest BCUT2D eigenvalue weighted by molar-refractivity contribution is 0.0941. The van der Waals surface area contributed by atoms with Gasteiger partial charge in [0.2, 0.25) is 0 Å². The fraction of sp³-hybridized carbons (Fsp3) is 0.364. The van der Waals surface area contributed by atoms with Crippen LogP contribution in [0.25, 0.3) is 9.40 Å². The van der Waals surface area contributed by atoms with Crippen molar-refractivity contribution in [2.75, 3.05) is 6.54 Å². The van der Waals surface area contributed by atoms with Gasteiger partial charge < -0.3 is 16.2 Å². The Bertz CT molecular complexity index is 490. The molecule has 0 fully saturated rings. The molecule has 92 valence electrons. The maximum Gasteiger partial charge on any atom is 0.261 e. The highest BCUT2D eigenvalue weighted by atomic mass is 32.1. The average Bonchev–Trinajstić information content (AvgIpc) is 2.84. The summed E-state index contributed by atoms with van der Waals surface area (Å²) in [5.74, 6) is -0.130. The number of aliphatic hydroxyl groups is 1. The molecule has 0 saturated heterocycles. The molecule has 0 spiro atoms. The summed E-state index contributed by atoms with van der Waals surface area (Å²) in [6.45, 7) is 1.89. The van der Waals surface area contributed by atoms with Crippen LogP contribution in [0.4, 0.5) is 0 Å². The second kappa shape index (κ2) is 5.14. The van der Waals surface area contributed by atoms with E-state index >= 15 is 0 Å². The zero-order chi connectivity index (χ0) is 12.4. The molecule has 2 aromatic heterocycles. The van der Waals surface area contributed by atoms with Crippen LogP contribution in [-0.4, -0.2) is 29.7 Å². The topological polar surface area (TPSA) is 75.3 Å². The molecule has 0 aliphatic carbocycles. The predicted molar refractivity (Wildman–Crippen MR) is 71.7 cm³/mol. The first-order valence-corrected chi connectivity index (χ1v) is 6.96. The van der Waals surface area contributed by atoms with Gasteiger partial charge in [-0.2, -0.15) is 0 Å². The van der Waals surface area contributed by atoms with E-state index in [0.29, 0.717) is 4.88 Å². The zero-order valence-corrected chi connectivity index (χ0v) is 11.0. The lowest BCUT2D eigenvalue weighted by Crippen LogP contribution is -2.43. The van der Waals surface area contributed by atoms with Crippen molar-refractivity contribution < 1.29 is 9.90 Å². The smallest absolute Gasteiger partial charge is 0.261 e. The Morgan fingerprint density at radius 2 is 2.35 bits per heavy atom. The standard InChI is InChI=1S/C11H14N2O2S2/c1-6(14)7(12)5-13-11(15)10-4-9-8(17-10)2-3-16-9/h2-4,6-7,14H,5,12H2,1H3,(H,13,15). The average molecular weight is 270 g/mol. The van der Waals surface area contributed by atoms with E-state index in [9.17, 15) is 9.90 Å². The molecule has 4 N–H and O–H groups in total. The van der Waals surface area contributed by atoms with Gasteiger partial charge in [0.05, 0.1) is 11.0 Å². The molecule has 0 aromatic carbocycles. The van der Waals surface area contributed by atoms with Crippen LogP contribution in [-0.2, 0) is 0 Å². The minimum atomic E-state index is -0.623. The van der Waals surface area contributed by atoms with E-state index in [1.807, 2.05) is 17.5 Å². The molecule has 1 amide bonds. The highest BCUT2D eigenvalue weighted by Gasteiger charge is 2.14. The molecule has 2 rings (SSSR count). The maximum absolute atomic E-state index is 11.8. The molecule has 0 bridgehead atoms. The molecule has 0 aliphatic rings. The van der Waals surface area contributed by atoms with Crippen molar-refractivity contribution in [1.82, 2.24) is 5.32 Å². The van der Waals surface area contributed by atoms with Crippen LogP contribution in [0.3, 0.4) is 0 Å². The van der Waals surface area contributed by atoms with Crippen LogP contribution in [0, 0.1) is 0 Å². The molecule has 0 aliphatic heterocycles. The molecule has 4 nitrogen and oxygen atoms in total. The number of aliphatic hydroxyl groups excluding tert-OH is 1. The van der Waals surface area contributed by atoms with Crippen LogP contribution in [0.5, 0.6) is 0 Å². The number of amides is 1. The van der Waals surface area contributed by atoms with Gasteiger partial charge in [0, 0.05) is 22.0 Å². The molecule has 0 saturated carbocycles. The summed E-state index contributed by atoms with van der Waals surface area (Å²) in [6, 6.07) is 3.46. The van der Waals surface area contributed by atoms with Crippen LogP contribution in [0.15, 0.2) is 17.5 Å². The van der Waals surface area contributed by atoms with E-state index in [1.54, 1.807) is 18.3 Å². The van der Waals surface area contributed by atoms with Crippen molar-refractivity contribution >= 4 is 38.0 Å². The van der Waals surface area contributed by atoms with Gasteiger partial charge >= 0.3 is 0 Å². The first-order valence-electron chi connectivity index (χ1n) is 5.27. The second-order valence-corrected chi connectivity index (χ2v) is 5.91. The monoisotopic (exact) mass is 270 g/mol. The van der Waals surface area contributed by atoms with Gasteiger partial charge in [0.15, 0.2) is 0 Å². The summed E-state index contributed by atoms with van der Waals surface area (Å²) in [4.78, 5) is 12.5. The third-order valence-corrected chi connectivity index (χ3v) is 4.57. The van der Waals surface area contributed by atoms with Gasteiger partial charge in [0.1, 0.15) is 0 Å². The lowest BCUT2D eigenvalue weighted by Gasteiger charge is -2.14. The fourth-order valence-corrected chi connectivity index (χ4v) is 3.37. The van der Waals surface area contributed by atoms with Gasteiger partial charge in [-0.1, -0.05) is 0 Å². The van der Waals surface area contributed by atoms with Gasteiger partial charge in [-0.25, -0.2) is 0 Å². The van der Waals surface area contributed by atoms with E-state index in [0.717, 1.165) is 9.40 Å². The van der Waals surface area contributed by atoms with Crippen LogP contribution in [0.1, 0.15) is 16.6 Å². The first kappa shape index (κ1) is 12.5. The van der Waals surface area contributed by atoms with Crippen LogP contribution < -0.4 is 11.1 Å². The van der Waals surface area contributed by atoms with E-state index in [-0.39, 0.29) is 12.5 Å². The van der Waals surface area contributed by atoms with Crippen molar-refractivity contribution in [3.63, 3.8) is 0 Å². The van der Waals surface area contributed by atoms with Crippen LogP contribution in [0.2, 0.25) is 0 Å². The van der Waals surface area contributed by atoms with Crippen LogP contribution >= 0.6 is 22.7 Å². The second-order valence-electron chi connectivity index (χ2n) is 3.87. The van der Waals surface area contributed by atoms with Gasteiger partial charge in [0.25, 0.3) is 5.91 Å². The number of nitrogens with two attached hydrogens (primary N) is 1. The number of hydrogen-bond acceptors (Lipinski definition) is 5. The summed E-state index contributed by atoms with van der Waals surface area (Å²) < 4.78 is 2.25. The summed E-state index contributed by atoms with van der Waals surface area (Å²) in [5, 5.41) is 13.9. The highest BCUT2D eigenvalue weighted by Crippen LogP contribution is 2.29. The van der Waals surface area contributed by atoms with E-state index in [4.69, 9.17) is 5.73 Å². The third kappa shape index (κ3) is 2.84. The molecule has 2 atom stereocenters. The molecular formula is C11H14N2O2S2. The molecular weight excluding hydrogens is 256 g/mol. The van der Waals surface area contributed by atoms with E-state index in [1.165, 1.54) is 11.3 Å². The highest BCUT2D eigenvalue weighted by molar-refractivity contribution is 7.27. The molecule has 0 radical (unpaired) electrons. The van der Waals surface area contributed by atoms with Crippen molar-refractivity contribution in [1.29, 1.82) is 0 Å².